The van der Waals surface area contributed by atoms with E-state index in [0.29, 0.717) is 13.1 Å². The highest BCUT2D eigenvalue weighted by Gasteiger charge is 2.27. The molecule has 1 aromatic carbocycles. The summed E-state index contributed by atoms with van der Waals surface area (Å²) in [6, 6.07) is 5.59. The second-order valence-corrected chi connectivity index (χ2v) is 4.77. The fourth-order valence-electron chi connectivity index (χ4n) is 1.86. The predicted octanol–water partition coefficient (Wildman–Crippen LogP) is 1.97. The highest BCUT2D eigenvalue weighted by Crippen LogP contribution is 2.25. The Morgan fingerprint density at radius 1 is 1.53 bits per heavy atom. The van der Waals surface area contributed by atoms with Gasteiger partial charge in [0.05, 0.1) is 13.5 Å². The van der Waals surface area contributed by atoms with Crippen molar-refractivity contribution in [2.24, 2.45) is 0 Å². The van der Waals surface area contributed by atoms with Gasteiger partial charge in [-0.2, -0.15) is 0 Å². The molecule has 0 aliphatic carbocycles. The minimum atomic E-state index is -0.296. The Bertz CT molecular complexity index is 473. The van der Waals surface area contributed by atoms with Crippen LogP contribution in [0.15, 0.2) is 22.7 Å². The number of benzene rings is 1. The van der Waals surface area contributed by atoms with Gasteiger partial charge < -0.3 is 9.64 Å². The van der Waals surface area contributed by atoms with Crippen molar-refractivity contribution >= 4 is 27.8 Å². The number of halogens is 1. The molecule has 0 aromatic heterocycles. The van der Waals surface area contributed by atoms with E-state index in [2.05, 4.69) is 20.7 Å². The topological polar surface area (TPSA) is 46.6 Å². The molecule has 1 aromatic rings. The van der Waals surface area contributed by atoms with Crippen molar-refractivity contribution < 1.29 is 14.3 Å². The average molecular weight is 298 g/mol. The number of carbonyl (C=O) groups is 2. The van der Waals surface area contributed by atoms with E-state index < -0.39 is 0 Å². The number of nitrogens with zero attached hydrogens (tertiary/aromatic N) is 1. The quantitative estimate of drug-likeness (QED) is 0.802. The summed E-state index contributed by atoms with van der Waals surface area (Å²) in [5.41, 5.74) is 1.72. The van der Waals surface area contributed by atoms with Crippen LogP contribution in [0.2, 0.25) is 0 Å². The van der Waals surface area contributed by atoms with Crippen molar-refractivity contribution in [1.82, 2.24) is 4.90 Å². The van der Waals surface area contributed by atoms with Gasteiger partial charge in [-0.25, -0.2) is 0 Å². The standard InChI is InChI=1S/C12H12BrNO3/c1-17-11(15)4-5-14-7-8-6-9(13)2-3-10(8)12(14)16/h2-3,6H,4-5,7H2,1H3. The third kappa shape index (κ3) is 2.49. The lowest BCUT2D eigenvalue weighted by Gasteiger charge is -2.14. The zero-order chi connectivity index (χ0) is 12.4. The van der Waals surface area contributed by atoms with Crippen molar-refractivity contribution in [2.75, 3.05) is 13.7 Å². The Morgan fingerprint density at radius 3 is 3.00 bits per heavy atom. The Morgan fingerprint density at radius 2 is 2.29 bits per heavy atom. The van der Waals surface area contributed by atoms with Crippen molar-refractivity contribution in [2.45, 2.75) is 13.0 Å². The van der Waals surface area contributed by atoms with Gasteiger partial charge in [-0.3, -0.25) is 9.59 Å². The second kappa shape index (κ2) is 4.87. The molecule has 1 amide bonds. The van der Waals surface area contributed by atoms with E-state index in [9.17, 15) is 9.59 Å². The first-order chi connectivity index (χ1) is 8.11. The zero-order valence-electron chi connectivity index (χ0n) is 9.40. The molecule has 5 heteroatoms. The molecule has 0 saturated carbocycles. The molecular weight excluding hydrogens is 286 g/mol. The molecule has 1 aliphatic heterocycles. The molecular formula is C12H12BrNO3. The number of amides is 1. The number of hydrogen-bond acceptors (Lipinski definition) is 3. The maximum Gasteiger partial charge on any atom is 0.307 e. The van der Waals surface area contributed by atoms with E-state index in [0.717, 1.165) is 15.6 Å². The fourth-order valence-corrected chi connectivity index (χ4v) is 2.27. The van der Waals surface area contributed by atoms with Crippen LogP contribution in [-0.4, -0.2) is 30.4 Å². The molecule has 1 heterocycles. The third-order valence-corrected chi connectivity index (χ3v) is 3.25. The number of ether oxygens (including phenoxy) is 1. The minimum Gasteiger partial charge on any atom is -0.469 e. The van der Waals surface area contributed by atoms with E-state index in [1.54, 1.807) is 11.0 Å². The second-order valence-electron chi connectivity index (χ2n) is 3.85. The Labute approximate surface area is 108 Å². The first-order valence-corrected chi connectivity index (χ1v) is 6.05. The molecule has 4 nitrogen and oxygen atoms in total. The molecule has 1 aliphatic rings. The lowest BCUT2D eigenvalue weighted by atomic mass is 10.1. The summed E-state index contributed by atoms with van der Waals surface area (Å²) >= 11 is 3.37. The van der Waals surface area contributed by atoms with Gasteiger partial charge >= 0.3 is 5.97 Å². The number of fused-ring (bicyclic) bond motifs is 1. The van der Waals surface area contributed by atoms with Gasteiger partial charge in [0, 0.05) is 23.1 Å². The SMILES string of the molecule is COC(=O)CCN1Cc2cc(Br)ccc2C1=O. The third-order valence-electron chi connectivity index (χ3n) is 2.76. The molecule has 0 bridgehead atoms. The van der Waals surface area contributed by atoms with Crippen LogP contribution in [-0.2, 0) is 16.1 Å². The van der Waals surface area contributed by atoms with Gasteiger partial charge in [-0.15, -0.1) is 0 Å². The average Bonchev–Trinajstić information content (AvgIpc) is 2.62. The summed E-state index contributed by atoms with van der Waals surface area (Å²) < 4.78 is 5.51. The van der Waals surface area contributed by atoms with E-state index in [1.807, 2.05) is 12.1 Å². The molecule has 2 rings (SSSR count). The van der Waals surface area contributed by atoms with Crippen LogP contribution in [0, 0.1) is 0 Å². The fraction of sp³-hybridized carbons (Fsp3) is 0.333. The summed E-state index contributed by atoms with van der Waals surface area (Å²) in [5, 5.41) is 0. The molecule has 17 heavy (non-hydrogen) atoms. The number of hydrogen-bond donors (Lipinski definition) is 0. The number of carbonyl (C=O) groups excluding carboxylic acids is 2. The van der Waals surface area contributed by atoms with E-state index in [4.69, 9.17) is 0 Å². The maximum absolute atomic E-state index is 12.0. The normalized spacial score (nSPS) is 13.8. The van der Waals surface area contributed by atoms with Crippen LogP contribution >= 0.6 is 15.9 Å². The molecule has 0 unspecified atom stereocenters. The predicted molar refractivity (Wildman–Crippen MR) is 65.5 cm³/mol. The maximum atomic E-state index is 12.0. The van der Waals surface area contributed by atoms with E-state index >= 15 is 0 Å². The zero-order valence-corrected chi connectivity index (χ0v) is 11.0. The molecule has 0 spiro atoms. The summed E-state index contributed by atoms with van der Waals surface area (Å²) in [7, 11) is 1.35. The Kier molecular flexibility index (Phi) is 3.47. The molecule has 0 N–H and O–H groups in total. The van der Waals surface area contributed by atoms with Gasteiger partial charge in [-0.05, 0) is 23.8 Å². The van der Waals surface area contributed by atoms with Gasteiger partial charge in [0.1, 0.15) is 0 Å². The van der Waals surface area contributed by atoms with Crippen molar-refractivity contribution in [1.29, 1.82) is 0 Å². The van der Waals surface area contributed by atoms with Gasteiger partial charge in [-0.1, -0.05) is 15.9 Å². The highest BCUT2D eigenvalue weighted by molar-refractivity contribution is 9.10. The van der Waals surface area contributed by atoms with Crippen LogP contribution in [0.4, 0.5) is 0 Å². The van der Waals surface area contributed by atoms with E-state index in [1.165, 1.54) is 7.11 Å². The van der Waals surface area contributed by atoms with Crippen molar-refractivity contribution in [3.63, 3.8) is 0 Å². The van der Waals surface area contributed by atoms with Crippen molar-refractivity contribution in [3.05, 3.63) is 33.8 Å². The van der Waals surface area contributed by atoms with Crippen LogP contribution < -0.4 is 0 Å². The van der Waals surface area contributed by atoms with Crippen LogP contribution in [0.3, 0.4) is 0 Å². The first kappa shape index (κ1) is 12.1. The largest absolute Gasteiger partial charge is 0.469 e. The molecule has 0 saturated heterocycles. The lowest BCUT2D eigenvalue weighted by Crippen LogP contribution is -2.26. The van der Waals surface area contributed by atoms with E-state index in [-0.39, 0.29) is 18.3 Å². The number of methoxy groups -OCH3 is 1. The van der Waals surface area contributed by atoms with Gasteiger partial charge in [0.15, 0.2) is 0 Å². The highest BCUT2D eigenvalue weighted by atomic mass is 79.9. The summed E-state index contributed by atoms with van der Waals surface area (Å²) in [6.07, 6.45) is 0.234. The summed E-state index contributed by atoms with van der Waals surface area (Å²) in [4.78, 5) is 24.7. The summed E-state index contributed by atoms with van der Waals surface area (Å²) in [5.74, 6) is -0.314. The van der Waals surface area contributed by atoms with Crippen LogP contribution in [0.25, 0.3) is 0 Å². The number of rotatable bonds is 3. The van der Waals surface area contributed by atoms with Crippen molar-refractivity contribution in [3.8, 4) is 0 Å². The molecule has 0 atom stereocenters. The minimum absolute atomic E-state index is 0.0172. The monoisotopic (exact) mass is 297 g/mol. The van der Waals surface area contributed by atoms with Gasteiger partial charge in [0.25, 0.3) is 5.91 Å². The lowest BCUT2D eigenvalue weighted by molar-refractivity contribution is -0.140. The van der Waals surface area contributed by atoms with Gasteiger partial charge in [0.2, 0.25) is 0 Å². The number of esters is 1. The molecule has 90 valence electrons. The Hall–Kier alpha value is -1.36. The summed E-state index contributed by atoms with van der Waals surface area (Å²) in [6.45, 7) is 0.961. The van der Waals surface area contributed by atoms with Crippen LogP contribution in [0.5, 0.6) is 0 Å². The smallest absolute Gasteiger partial charge is 0.307 e. The molecule has 0 fully saturated rings. The van der Waals surface area contributed by atoms with Crippen LogP contribution in [0.1, 0.15) is 22.3 Å². The Balaban J connectivity index is 2.07. The molecule has 0 radical (unpaired) electrons. The first-order valence-electron chi connectivity index (χ1n) is 5.26.